The maximum Gasteiger partial charge on any atom is 0.0449 e. The van der Waals surface area contributed by atoms with E-state index >= 15 is 0 Å². The molecule has 1 aromatic heterocycles. The molecule has 0 aromatic carbocycles. The average molecular weight is 182 g/mol. The second kappa shape index (κ2) is 5.04. The summed E-state index contributed by atoms with van der Waals surface area (Å²) in [7, 11) is 2.00. The first-order valence-electron chi connectivity index (χ1n) is 4.73. The van der Waals surface area contributed by atoms with Crippen LogP contribution in [0.2, 0.25) is 0 Å². The molecule has 3 nitrogen and oxygen atoms in total. The third kappa shape index (κ3) is 2.86. The van der Waals surface area contributed by atoms with E-state index in [1.54, 1.807) is 0 Å². The van der Waals surface area contributed by atoms with Crippen LogP contribution in [-0.2, 0) is 7.05 Å². The van der Waals surface area contributed by atoms with Gasteiger partial charge in [0.1, 0.15) is 0 Å². The Kier molecular flexibility index (Phi) is 3.99. The zero-order valence-electron chi connectivity index (χ0n) is 8.11. The monoisotopic (exact) mass is 182 g/mol. The van der Waals surface area contributed by atoms with Crippen LogP contribution in [-0.4, -0.2) is 16.3 Å². The molecule has 0 amide bonds. The smallest absolute Gasteiger partial charge is 0.0449 e. The lowest BCUT2D eigenvalue weighted by molar-refractivity contribution is 0.281. The van der Waals surface area contributed by atoms with Gasteiger partial charge in [0.15, 0.2) is 0 Å². The predicted molar refractivity (Wildman–Crippen MR) is 53.3 cm³/mol. The molecule has 0 unspecified atom stereocenters. The first-order valence-corrected chi connectivity index (χ1v) is 4.73. The van der Waals surface area contributed by atoms with Gasteiger partial charge >= 0.3 is 0 Å². The van der Waals surface area contributed by atoms with Gasteiger partial charge in [-0.15, -0.1) is 0 Å². The average Bonchev–Trinajstić information content (AvgIpc) is 2.52. The minimum Gasteiger partial charge on any atom is -0.396 e. The van der Waals surface area contributed by atoms with E-state index in [0.717, 1.165) is 25.0 Å². The van der Waals surface area contributed by atoms with Crippen molar-refractivity contribution in [3.8, 4) is 0 Å². The molecule has 1 atom stereocenters. The quantitative estimate of drug-likeness (QED) is 0.672. The summed E-state index contributed by atoms with van der Waals surface area (Å²) in [6.45, 7) is 0.264. The van der Waals surface area contributed by atoms with Gasteiger partial charge in [-0.2, -0.15) is 0 Å². The van der Waals surface area contributed by atoms with Crippen molar-refractivity contribution in [2.45, 2.75) is 25.3 Å². The van der Waals surface area contributed by atoms with E-state index in [9.17, 15) is 0 Å². The molecule has 0 saturated carbocycles. The van der Waals surface area contributed by atoms with Gasteiger partial charge in [0.25, 0.3) is 0 Å². The van der Waals surface area contributed by atoms with Crippen molar-refractivity contribution >= 4 is 0 Å². The summed E-state index contributed by atoms with van der Waals surface area (Å²) in [5, 5.41) is 8.62. The summed E-state index contributed by atoms with van der Waals surface area (Å²) in [5.41, 5.74) is 7.14. The molecule has 0 aliphatic heterocycles. The molecule has 74 valence electrons. The molecule has 0 radical (unpaired) electrons. The number of aromatic nitrogens is 1. The van der Waals surface area contributed by atoms with E-state index in [2.05, 4.69) is 0 Å². The summed E-state index contributed by atoms with van der Waals surface area (Å²) < 4.78 is 2.05. The fourth-order valence-electron chi connectivity index (χ4n) is 1.48. The molecule has 1 aromatic rings. The van der Waals surface area contributed by atoms with Crippen molar-refractivity contribution in [2.75, 3.05) is 6.61 Å². The minimum atomic E-state index is 0.103. The van der Waals surface area contributed by atoms with E-state index in [1.807, 2.05) is 29.9 Å². The van der Waals surface area contributed by atoms with Gasteiger partial charge in [-0.3, -0.25) is 0 Å². The third-order valence-electron chi connectivity index (χ3n) is 2.29. The van der Waals surface area contributed by atoms with Crippen LogP contribution in [0.1, 0.15) is 31.0 Å². The lowest BCUT2D eigenvalue weighted by atomic mass is 10.1. The number of unbranched alkanes of at least 4 members (excludes halogenated alkanes) is 1. The number of aliphatic hydroxyl groups is 1. The Labute approximate surface area is 79.2 Å². The van der Waals surface area contributed by atoms with Crippen LogP contribution in [0.15, 0.2) is 18.3 Å². The molecule has 0 spiro atoms. The van der Waals surface area contributed by atoms with E-state index < -0.39 is 0 Å². The summed E-state index contributed by atoms with van der Waals surface area (Å²) in [6, 6.07) is 4.15. The zero-order chi connectivity index (χ0) is 9.68. The number of aryl methyl sites for hydroxylation is 1. The highest BCUT2D eigenvalue weighted by atomic mass is 16.2. The Morgan fingerprint density at radius 3 is 2.85 bits per heavy atom. The third-order valence-corrected chi connectivity index (χ3v) is 2.29. The lowest BCUT2D eigenvalue weighted by Gasteiger charge is -2.12. The Morgan fingerprint density at radius 2 is 2.31 bits per heavy atom. The highest BCUT2D eigenvalue weighted by Gasteiger charge is 2.07. The van der Waals surface area contributed by atoms with E-state index in [4.69, 9.17) is 10.8 Å². The predicted octanol–water partition coefficient (Wildman–Crippen LogP) is 1.19. The Hall–Kier alpha value is -0.800. The van der Waals surface area contributed by atoms with Gasteiger partial charge in [-0.05, 0) is 31.4 Å². The summed E-state index contributed by atoms with van der Waals surface area (Å²) in [6.07, 6.45) is 4.78. The number of nitrogens with two attached hydrogens (primary N) is 1. The maximum absolute atomic E-state index is 8.62. The highest BCUT2D eigenvalue weighted by molar-refractivity contribution is 5.10. The molecule has 1 heterocycles. The number of rotatable bonds is 5. The zero-order valence-corrected chi connectivity index (χ0v) is 8.11. The minimum absolute atomic E-state index is 0.103. The van der Waals surface area contributed by atoms with Crippen LogP contribution < -0.4 is 5.73 Å². The van der Waals surface area contributed by atoms with Crippen molar-refractivity contribution in [1.29, 1.82) is 0 Å². The van der Waals surface area contributed by atoms with E-state index in [0.29, 0.717) is 0 Å². The maximum atomic E-state index is 8.62. The van der Waals surface area contributed by atoms with Gasteiger partial charge in [0.2, 0.25) is 0 Å². The van der Waals surface area contributed by atoms with Crippen LogP contribution in [0.25, 0.3) is 0 Å². The topological polar surface area (TPSA) is 51.2 Å². The van der Waals surface area contributed by atoms with Crippen LogP contribution in [0, 0.1) is 0 Å². The van der Waals surface area contributed by atoms with Crippen molar-refractivity contribution < 1.29 is 5.11 Å². The van der Waals surface area contributed by atoms with Crippen molar-refractivity contribution in [1.82, 2.24) is 4.57 Å². The molecule has 0 saturated heterocycles. The summed E-state index contributed by atoms with van der Waals surface area (Å²) in [4.78, 5) is 0. The fourth-order valence-corrected chi connectivity index (χ4v) is 1.48. The Balaban J connectivity index is 2.39. The SMILES string of the molecule is Cn1cccc1[C@H](N)CCCCO. The number of aliphatic hydroxyl groups excluding tert-OH is 1. The molecule has 0 aliphatic carbocycles. The second-order valence-electron chi connectivity index (χ2n) is 3.37. The number of nitrogens with zero attached hydrogens (tertiary/aromatic N) is 1. The molecule has 3 N–H and O–H groups in total. The van der Waals surface area contributed by atoms with Gasteiger partial charge < -0.3 is 15.4 Å². The van der Waals surface area contributed by atoms with E-state index in [-0.39, 0.29) is 12.6 Å². The molecular weight excluding hydrogens is 164 g/mol. The van der Waals surface area contributed by atoms with Crippen molar-refractivity contribution in [3.05, 3.63) is 24.0 Å². The lowest BCUT2D eigenvalue weighted by Crippen LogP contribution is -2.13. The molecule has 0 bridgehead atoms. The number of hydrogen-bond donors (Lipinski definition) is 2. The first-order chi connectivity index (χ1) is 6.25. The standard InChI is InChI=1S/C10H18N2O/c1-12-7-4-6-10(12)9(11)5-2-3-8-13/h4,6-7,9,13H,2-3,5,8,11H2,1H3/t9-/m1/s1. The Bertz CT molecular complexity index is 245. The van der Waals surface area contributed by atoms with Crippen LogP contribution in [0.3, 0.4) is 0 Å². The largest absolute Gasteiger partial charge is 0.396 e. The summed E-state index contributed by atoms with van der Waals surface area (Å²) in [5.74, 6) is 0. The second-order valence-corrected chi connectivity index (χ2v) is 3.37. The molecule has 0 fully saturated rings. The van der Waals surface area contributed by atoms with Gasteiger partial charge in [-0.25, -0.2) is 0 Å². The van der Waals surface area contributed by atoms with Crippen LogP contribution in [0.4, 0.5) is 0 Å². The van der Waals surface area contributed by atoms with E-state index in [1.165, 1.54) is 0 Å². The summed E-state index contributed by atoms with van der Waals surface area (Å²) >= 11 is 0. The Morgan fingerprint density at radius 1 is 1.54 bits per heavy atom. The van der Waals surface area contributed by atoms with Crippen molar-refractivity contribution in [2.24, 2.45) is 12.8 Å². The van der Waals surface area contributed by atoms with Gasteiger partial charge in [-0.1, -0.05) is 0 Å². The van der Waals surface area contributed by atoms with Gasteiger partial charge in [0, 0.05) is 31.6 Å². The molecular formula is C10H18N2O. The van der Waals surface area contributed by atoms with Crippen LogP contribution >= 0.6 is 0 Å². The number of hydrogen-bond acceptors (Lipinski definition) is 2. The van der Waals surface area contributed by atoms with Crippen molar-refractivity contribution in [3.63, 3.8) is 0 Å². The fraction of sp³-hybridized carbons (Fsp3) is 0.600. The van der Waals surface area contributed by atoms with Gasteiger partial charge in [0.05, 0.1) is 0 Å². The normalized spacial score (nSPS) is 13.2. The van der Waals surface area contributed by atoms with Crippen LogP contribution in [0.5, 0.6) is 0 Å². The highest BCUT2D eigenvalue weighted by Crippen LogP contribution is 2.16. The molecule has 0 aliphatic rings. The molecule has 3 heteroatoms. The molecule has 13 heavy (non-hydrogen) atoms. The molecule has 1 rings (SSSR count). The first kappa shape index (κ1) is 10.3.